The molecule has 2 heteroatoms. The van der Waals surface area contributed by atoms with E-state index < -0.39 is 0 Å². The molecule has 0 bridgehead atoms. The maximum absolute atomic E-state index is 3.60. The molecule has 0 aliphatic carbocycles. The van der Waals surface area contributed by atoms with Crippen LogP contribution in [0.15, 0.2) is 30.3 Å². The number of hydrogen-bond acceptors (Lipinski definition) is 2. The summed E-state index contributed by atoms with van der Waals surface area (Å²) in [5, 5.41) is 3.60. The molecule has 102 valence electrons. The normalized spacial score (nSPS) is 14.7. The van der Waals surface area contributed by atoms with E-state index in [0.717, 1.165) is 19.6 Å². The fourth-order valence-corrected chi connectivity index (χ4v) is 2.33. The monoisotopic (exact) mass is 248 g/mol. The Kier molecular flexibility index (Phi) is 6.99. The summed E-state index contributed by atoms with van der Waals surface area (Å²) in [6.07, 6.45) is 1.21. The van der Waals surface area contributed by atoms with Crippen LogP contribution in [-0.4, -0.2) is 30.6 Å². The highest BCUT2D eigenvalue weighted by molar-refractivity contribution is 5.19. The van der Waals surface area contributed by atoms with E-state index in [2.05, 4.69) is 68.2 Å². The topological polar surface area (TPSA) is 15.3 Å². The van der Waals surface area contributed by atoms with Crippen molar-refractivity contribution in [3.05, 3.63) is 35.9 Å². The van der Waals surface area contributed by atoms with Gasteiger partial charge in [-0.3, -0.25) is 4.90 Å². The third-order valence-corrected chi connectivity index (χ3v) is 3.69. The lowest BCUT2D eigenvalue weighted by Gasteiger charge is -2.31. The molecule has 18 heavy (non-hydrogen) atoms. The molecule has 1 aromatic rings. The Bertz CT molecular complexity index is 310. The van der Waals surface area contributed by atoms with Gasteiger partial charge in [-0.15, -0.1) is 0 Å². The molecule has 0 radical (unpaired) electrons. The summed E-state index contributed by atoms with van der Waals surface area (Å²) < 4.78 is 0. The molecule has 0 spiro atoms. The molecule has 0 heterocycles. The molecule has 0 amide bonds. The van der Waals surface area contributed by atoms with Crippen LogP contribution in [0.2, 0.25) is 0 Å². The van der Waals surface area contributed by atoms with Crippen LogP contribution in [0.5, 0.6) is 0 Å². The molecular formula is C16H28N2. The van der Waals surface area contributed by atoms with E-state index in [9.17, 15) is 0 Å². The first kappa shape index (κ1) is 15.2. The quantitative estimate of drug-likeness (QED) is 0.758. The first-order valence-electron chi connectivity index (χ1n) is 7.25. The summed E-state index contributed by atoms with van der Waals surface area (Å²) in [5.74, 6) is 0. The molecule has 0 fully saturated rings. The third kappa shape index (κ3) is 4.43. The lowest BCUT2D eigenvalue weighted by atomic mass is 10.1. The Morgan fingerprint density at radius 2 is 1.78 bits per heavy atom. The third-order valence-electron chi connectivity index (χ3n) is 3.69. The molecule has 2 unspecified atom stereocenters. The van der Waals surface area contributed by atoms with E-state index in [1.54, 1.807) is 0 Å². The van der Waals surface area contributed by atoms with Crippen LogP contribution in [0.3, 0.4) is 0 Å². The Morgan fingerprint density at radius 1 is 1.11 bits per heavy atom. The maximum Gasteiger partial charge on any atom is 0.0449 e. The van der Waals surface area contributed by atoms with Gasteiger partial charge in [0, 0.05) is 18.6 Å². The van der Waals surface area contributed by atoms with Gasteiger partial charge in [0.2, 0.25) is 0 Å². The zero-order valence-corrected chi connectivity index (χ0v) is 12.3. The van der Waals surface area contributed by atoms with E-state index >= 15 is 0 Å². The summed E-state index contributed by atoms with van der Waals surface area (Å²) in [6.45, 7) is 12.2. The average molecular weight is 248 g/mol. The van der Waals surface area contributed by atoms with E-state index in [0.29, 0.717) is 12.1 Å². The summed E-state index contributed by atoms with van der Waals surface area (Å²) in [7, 11) is 0. The van der Waals surface area contributed by atoms with Gasteiger partial charge in [-0.05, 0) is 32.0 Å². The molecule has 2 nitrogen and oxygen atoms in total. The average Bonchev–Trinajstić information content (AvgIpc) is 2.43. The lowest BCUT2D eigenvalue weighted by Crippen LogP contribution is -2.40. The number of benzene rings is 1. The van der Waals surface area contributed by atoms with E-state index in [1.807, 2.05) is 0 Å². The minimum Gasteiger partial charge on any atom is -0.309 e. The van der Waals surface area contributed by atoms with Gasteiger partial charge in [0.25, 0.3) is 0 Å². The highest BCUT2D eigenvalue weighted by Crippen LogP contribution is 2.16. The maximum atomic E-state index is 3.60. The van der Waals surface area contributed by atoms with Crippen LogP contribution in [-0.2, 0) is 0 Å². The Hall–Kier alpha value is -0.860. The van der Waals surface area contributed by atoms with Gasteiger partial charge in [0.1, 0.15) is 0 Å². The fourth-order valence-electron chi connectivity index (χ4n) is 2.33. The molecule has 0 aliphatic rings. The zero-order valence-electron chi connectivity index (χ0n) is 12.3. The second-order valence-electron chi connectivity index (χ2n) is 4.87. The highest BCUT2D eigenvalue weighted by Gasteiger charge is 2.17. The van der Waals surface area contributed by atoms with Crippen LogP contribution >= 0.6 is 0 Å². The van der Waals surface area contributed by atoms with Crippen LogP contribution in [0, 0.1) is 0 Å². The predicted octanol–water partition coefficient (Wildman–Crippen LogP) is 3.46. The summed E-state index contributed by atoms with van der Waals surface area (Å²) in [5.41, 5.74) is 1.39. The van der Waals surface area contributed by atoms with Crippen molar-refractivity contribution in [2.45, 2.75) is 46.2 Å². The molecular weight excluding hydrogens is 220 g/mol. The van der Waals surface area contributed by atoms with Gasteiger partial charge in [0.05, 0.1) is 0 Å². The largest absolute Gasteiger partial charge is 0.309 e. The number of likely N-dealkylation sites (N-methyl/N-ethyl adjacent to an activating group) is 2. The number of rotatable bonds is 8. The summed E-state index contributed by atoms with van der Waals surface area (Å²) in [4.78, 5) is 2.56. The van der Waals surface area contributed by atoms with Crippen molar-refractivity contribution in [1.29, 1.82) is 0 Å². The first-order valence-corrected chi connectivity index (χ1v) is 7.25. The molecule has 0 saturated heterocycles. The molecule has 0 aliphatic heterocycles. The Labute approximate surface area is 112 Å². The van der Waals surface area contributed by atoms with Crippen molar-refractivity contribution >= 4 is 0 Å². The molecule has 0 saturated carbocycles. The standard InChI is InChI=1S/C16H28N2/c1-5-14(4)18(7-3)13-16(17-6-2)15-11-9-8-10-12-15/h8-12,14,16-17H,5-7,13H2,1-4H3. The van der Waals surface area contributed by atoms with Crippen molar-refractivity contribution in [3.63, 3.8) is 0 Å². The second kappa shape index (κ2) is 8.28. The smallest absolute Gasteiger partial charge is 0.0449 e. The molecule has 0 aromatic heterocycles. The van der Waals surface area contributed by atoms with Crippen LogP contribution < -0.4 is 5.32 Å². The SMILES string of the molecule is CCNC(CN(CC)C(C)CC)c1ccccc1. The minimum atomic E-state index is 0.435. The molecule has 1 aromatic carbocycles. The highest BCUT2D eigenvalue weighted by atomic mass is 15.2. The minimum absolute atomic E-state index is 0.435. The van der Waals surface area contributed by atoms with Crippen molar-refractivity contribution in [2.24, 2.45) is 0 Å². The van der Waals surface area contributed by atoms with E-state index in [1.165, 1.54) is 12.0 Å². The Morgan fingerprint density at radius 3 is 2.28 bits per heavy atom. The van der Waals surface area contributed by atoms with Crippen molar-refractivity contribution in [3.8, 4) is 0 Å². The van der Waals surface area contributed by atoms with Gasteiger partial charge in [-0.25, -0.2) is 0 Å². The number of nitrogens with zero attached hydrogens (tertiary/aromatic N) is 1. The van der Waals surface area contributed by atoms with Crippen molar-refractivity contribution < 1.29 is 0 Å². The van der Waals surface area contributed by atoms with Crippen LogP contribution in [0.4, 0.5) is 0 Å². The number of nitrogens with one attached hydrogen (secondary N) is 1. The first-order chi connectivity index (χ1) is 8.72. The zero-order chi connectivity index (χ0) is 13.4. The molecule has 2 atom stereocenters. The summed E-state index contributed by atoms with van der Waals surface area (Å²) in [6, 6.07) is 11.9. The van der Waals surface area contributed by atoms with Gasteiger partial charge in [0.15, 0.2) is 0 Å². The second-order valence-corrected chi connectivity index (χ2v) is 4.87. The van der Waals surface area contributed by atoms with Crippen molar-refractivity contribution in [2.75, 3.05) is 19.6 Å². The van der Waals surface area contributed by atoms with Crippen LogP contribution in [0.25, 0.3) is 0 Å². The number of hydrogen-bond donors (Lipinski definition) is 1. The van der Waals surface area contributed by atoms with Gasteiger partial charge in [-0.2, -0.15) is 0 Å². The fraction of sp³-hybridized carbons (Fsp3) is 0.625. The molecule has 1 rings (SSSR count). The summed E-state index contributed by atoms with van der Waals surface area (Å²) >= 11 is 0. The Balaban J connectivity index is 2.73. The lowest BCUT2D eigenvalue weighted by molar-refractivity contribution is 0.192. The van der Waals surface area contributed by atoms with Gasteiger partial charge >= 0.3 is 0 Å². The van der Waals surface area contributed by atoms with Gasteiger partial charge < -0.3 is 5.32 Å². The van der Waals surface area contributed by atoms with E-state index in [4.69, 9.17) is 0 Å². The molecule has 1 N–H and O–H groups in total. The van der Waals surface area contributed by atoms with Crippen molar-refractivity contribution in [1.82, 2.24) is 10.2 Å². The van der Waals surface area contributed by atoms with Crippen LogP contribution in [0.1, 0.15) is 45.7 Å². The van der Waals surface area contributed by atoms with Gasteiger partial charge in [-0.1, -0.05) is 51.1 Å². The predicted molar refractivity (Wildman–Crippen MR) is 79.9 cm³/mol. The van der Waals surface area contributed by atoms with E-state index in [-0.39, 0.29) is 0 Å².